The fraction of sp³-hybridized carbons (Fsp3) is 0.318. The number of nitrogens with zero attached hydrogens (tertiary/aromatic N) is 2. The average molecular weight is 419 g/mol. The van der Waals surface area contributed by atoms with Gasteiger partial charge in [0.2, 0.25) is 0 Å². The standard InChI is InChI=1S/C22H24F3N3O2/c23-22(24,25)30-20-10-8-19(9-11-20)17-26-21(29)28-15-13-27(14-16-28)12-4-7-18-5-2-1-3-6-18/h1-11H,12-17H2,(H,26,29)/b7-4+. The van der Waals surface area contributed by atoms with E-state index in [0.717, 1.165) is 25.2 Å². The molecule has 30 heavy (non-hydrogen) atoms. The van der Waals surface area contributed by atoms with Crippen LogP contribution in [0.1, 0.15) is 11.1 Å². The van der Waals surface area contributed by atoms with Crippen molar-refractivity contribution in [1.29, 1.82) is 0 Å². The monoisotopic (exact) mass is 419 g/mol. The molecule has 0 unspecified atom stereocenters. The zero-order chi connectivity index (χ0) is 21.4. The molecule has 2 aromatic carbocycles. The van der Waals surface area contributed by atoms with Crippen molar-refractivity contribution in [2.24, 2.45) is 0 Å². The van der Waals surface area contributed by atoms with Crippen molar-refractivity contribution < 1.29 is 22.7 Å². The summed E-state index contributed by atoms with van der Waals surface area (Å²) in [7, 11) is 0. The lowest BCUT2D eigenvalue weighted by atomic mass is 10.2. The van der Waals surface area contributed by atoms with Gasteiger partial charge in [-0.05, 0) is 23.3 Å². The topological polar surface area (TPSA) is 44.8 Å². The lowest BCUT2D eigenvalue weighted by molar-refractivity contribution is -0.274. The Labute approximate surface area is 173 Å². The van der Waals surface area contributed by atoms with Gasteiger partial charge in [0.15, 0.2) is 0 Å². The van der Waals surface area contributed by atoms with Crippen LogP contribution in [-0.4, -0.2) is 54.9 Å². The number of hydrogen-bond donors (Lipinski definition) is 1. The van der Waals surface area contributed by atoms with Gasteiger partial charge in [-0.15, -0.1) is 13.2 Å². The van der Waals surface area contributed by atoms with Gasteiger partial charge in [0.05, 0.1) is 0 Å². The molecule has 0 saturated carbocycles. The van der Waals surface area contributed by atoms with Crippen LogP contribution < -0.4 is 10.1 Å². The van der Waals surface area contributed by atoms with Crippen molar-refractivity contribution in [2.45, 2.75) is 12.9 Å². The summed E-state index contributed by atoms with van der Waals surface area (Å²) < 4.78 is 40.4. The largest absolute Gasteiger partial charge is 0.573 e. The molecule has 0 spiro atoms. The van der Waals surface area contributed by atoms with Gasteiger partial charge in [0.1, 0.15) is 5.75 Å². The summed E-state index contributed by atoms with van der Waals surface area (Å²) >= 11 is 0. The molecule has 0 bridgehead atoms. The molecule has 0 radical (unpaired) electrons. The Morgan fingerprint density at radius 1 is 1.00 bits per heavy atom. The molecule has 3 rings (SSSR count). The fourth-order valence-corrected chi connectivity index (χ4v) is 3.13. The Balaban J connectivity index is 1.37. The third-order valence-electron chi connectivity index (χ3n) is 4.73. The van der Waals surface area contributed by atoms with Crippen LogP contribution >= 0.6 is 0 Å². The molecular weight excluding hydrogens is 395 g/mol. The van der Waals surface area contributed by atoms with E-state index >= 15 is 0 Å². The van der Waals surface area contributed by atoms with E-state index < -0.39 is 6.36 Å². The Kier molecular flexibility index (Phi) is 7.35. The van der Waals surface area contributed by atoms with Crippen LogP contribution in [0.4, 0.5) is 18.0 Å². The van der Waals surface area contributed by atoms with Crippen LogP contribution in [0, 0.1) is 0 Å². The van der Waals surface area contributed by atoms with Crippen molar-refractivity contribution in [3.8, 4) is 5.75 Å². The van der Waals surface area contributed by atoms with Gasteiger partial charge >= 0.3 is 12.4 Å². The quantitative estimate of drug-likeness (QED) is 0.766. The van der Waals surface area contributed by atoms with Crippen LogP contribution in [0.2, 0.25) is 0 Å². The summed E-state index contributed by atoms with van der Waals surface area (Å²) in [6.07, 6.45) is -0.503. The number of urea groups is 1. The minimum absolute atomic E-state index is 0.176. The van der Waals surface area contributed by atoms with Gasteiger partial charge in [0, 0.05) is 39.3 Å². The number of ether oxygens (including phenoxy) is 1. The molecule has 1 aliphatic rings. The van der Waals surface area contributed by atoms with Crippen molar-refractivity contribution in [1.82, 2.24) is 15.1 Å². The summed E-state index contributed by atoms with van der Waals surface area (Å²) in [5.41, 5.74) is 1.86. The molecule has 5 nitrogen and oxygen atoms in total. The lowest BCUT2D eigenvalue weighted by Gasteiger charge is -2.34. The van der Waals surface area contributed by atoms with Crippen molar-refractivity contribution in [3.05, 3.63) is 71.8 Å². The van der Waals surface area contributed by atoms with E-state index in [4.69, 9.17) is 0 Å². The van der Waals surface area contributed by atoms with Gasteiger partial charge in [-0.2, -0.15) is 0 Å². The number of halogens is 3. The summed E-state index contributed by atoms with van der Waals surface area (Å²) in [6.45, 7) is 3.90. The van der Waals surface area contributed by atoms with E-state index in [1.807, 2.05) is 18.2 Å². The third-order valence-corrected chi connectivity index (χ3v) is 4.73. The highest BCUT2D eigenvalue weighted by Crippen LogP contribution is 2.22. The number of alkyl halides is 3. The van der Waals surface area contributed by atoms with E-state index in [2.05, 4.69) is 39.2 Å². The maximum Gasteiger partial charge on any atom is 0.573 e. The molecule has 1 aliphatic heterocycles. The van der Waals surface area contributed by atoms with Crippen LogP contribution in [0.15, 0.2) is 60.7 Å². The van der Waals surface area contributed by atoms with Gasteiger partial charge in [-0.1, -0.05) is 54.6 Å². The van der Waals surface area contributed by atoms with Crippen LogP contribution in [0.3, 0.4) is 0 Å². The number of carbonyl (C=O) groups is 1. The third kappa shape index (κ3) is 7.11. The number of carbonyl (C=O) groups excluding carboxylic acids is 1. The van der Waals surface area contributed by atoms with E-state index in [1.165, 1.54) is 24.3 Å². The molecule has 0 aliphatic carbocycles. The Hall–Kier alpha value is -3.00. The van der Waals surface area contributed by atoms with Crippen molar-refractivity contribution >= 4 is 12.1 Å². The molecule has 2 aromatic rings. The van der Waals surface area contributed by atoms with Gasteiger partial charge in [0.25, 0.3) is 0 Å². The maximum absolute atomic E-state index is 12.3. The predicted octanol–water partition coefficient (Wildman–Crippen LogP) is 4.13. The maximum atomic E-state index is 12.3. The average Bonchev–Trinajstić information content (AvgIpc) is 2.73. The van der Waals surface area contributed by atoms with Gasteiger partial charge < -0.3 is 15.0 Å². The Bertz CT molecular complexity index is 831. The molecule has 1 fully saturated rings. The molecule has 160 valence electrons. The Morgan fingerprint density at radius 3 is 2.30 bits per heavy atom. The van der Waals surface area contributed by atoms with Crippen molar-refractivity contribution in [2.75, 3.05) is 32.7 Å². The zero-order valence-electron chi connectivity index (χ0n) is 16.4. The summed E-state index contributed by atoms with van der Waals surface area (Å²) in [4.78, 5) is 16.4. The Morgan fingerprint density at radius 2 is 1.67 bits per heavy atom. The van der Waals surface area contributed by atoms with E-state index in [0.29, 0.717) is 18.7 Å². The first-order valence-electron chi connectivity index (χ1n) is 9.70. The number of nitrogens with one attached hydrogen (secondary N) is 1. The van der Waals surface area contributed by atoms with E-state index in [-0.39, 0.29) is 18.3 Å². The highest BCUT2D eigenvalue weighted by atomic mass is 19.4. The number of benzene rings is 2. The minimum Gasteiger partial charge on any atom is -0.406 e. The number of rotatable bonds is 6. The molecule has 0 aromatic heterocycles. The van der Waals surface area contributed by atoms with E-state index in [9.17, 15) is 18.0 Å². The fourth-order valence-electron chi connectivity index (χ4n) is 3.13. The van der Waals surface area contributed by atoms with Gasteiger partial charge in [-0.3, -0.25) is 4.90 Å². The smallest absolute Gasteiger partial charge is 0.406 e. The number of hydrogen-bond acceptors (Lipinski definition) is 3. The second kappa shape index (κ2) is 10.2. The van der Waals surface area contributed by atoms with Crippen LogP contribution in [0.25, 0.3) is 6.08 Å². The molecule has 0 atom stereocenters. The zero-order valence-corrected chi connectivity index (χ0v) is 16.4. The molecule has 8 heteroatoms. The first-order chi connectivity index (χ1) is 14.4. The molecule has 1 saturated heterocycles. The van der Waals surface area contributed by atoms with E-state index in [1.54, 1.807) is 4.90 Å². The van der Waals surface area contributed by atoms with Crippen LogP contribution in [0.5, 0.6) is 5.75 Å². The minimum atomic E-state index is -4.71. The molecule has 1 N–H and O–H groups in total. The predicted molar refractivity (Wildman–Crippen MR) is 109 cm³/mol. The second-order valence-corrected chi connectivity index (χ2v) is 6.95. The normalized spacial score (nSPS) is 15.4. The lowest BCUT2D eigenvalue weighted by Crippen LogP contribution is -2.51. The first-order valence-corrected chi connectivity index (χ1v) is 9.70. The summed E-state index contributed by atoms with van der Waals surface area (Å²) in [6, 6.07) is 15.4. The molecule has 2 amide bonds. The number of piperazine rings is 1. The second-order valence-electron chi connectivity index (χ2n) is 6.95. The van der Waals surface area contributed by atoms with Gasteiger partial charge in [-0.25, -0.2) is 4.79 Å². The van der Waals surface area contributed by atoms with Crippen molar-refractivity contribution in [3.63, 3.8) is 0 Å². The molecular formula is C22H24F3N3O2. The summed E-state index contributed by atoms with van der Waals surface area (Å²) in [5, 5.41) is 2.81. The first kappa shape index (κ1) is 21.7. The number of amides is 2. The summed E-state index contributed by atoms with van der Waals surface area (Å²) in [5.74, 6) is -0.282. The SMILES string of the molecule is O=C(NCc1ccc(OC(F)(F)F)cc1)N1CCN(C/C=C/c2ccccc2)CC1. The van der Waals surface area contributed by atoms with Crippen LogP contribution in [-0.2, 0) is 6.54 Å². The highest BCUT2D eigenvalue weighted by Gasteiger charge is 2.31. The molecule has 1 heterocycles. The highest BCUT2D eigenvalue weighted by molar-refractivity contribution is 5.74.